The second kappa shape index (κ2) is 7.57. The van der Waals surface area contributed by atoms with Gasteiger partial charge in [-0.15, -0.1) is 0 Å². The summed E-state index contributed by atoms with van der Waals surface area (Å²) in [5.74, 6) is 0.392. The van der Waals surface area contributed by atoms with Gasteiger partial charge in [0.1, 0.15) is 5.82 Å². The number of carbonyl (C=O) groups excluding carboxylic acids is 1. The zero-order valence-corrected chi connectivity index (χ0v) is 18.5. The highest BCUT2D eigenvalue weighted by molar-refractivity contribution is 7.89. The highest BCUT2D eigenvalue weighted by Gasteiger charge is 2.51. The lowest BCUT2D eigenvalue weighted by Gasteiger charge is -2.18. The summed E-state index contributed by atoms with van der Waals surface area (Å²) < 4.78 is 48.6. The molecule has 1 amide bonds. The van der Waals surface area contributed by atoms with Crippen molar-refractivity contribution in [3.63, 3.8) is 0 Å². The van der Waals surface area contributed by atoms with Crippen LogP contribution in [0.5, 0.6) is 11.5 Å². The van der Waals surface area contributed by atoms with Crippen molar-refractivity contribution < 1.29 is 27.1 Å². The smallest absolute Gasteiger partial charge is 0.238 e. The topological polar surface area (TPSA) is 108 Å². The van der Waals surface area contributed by atoms with Crippen LogP contribution in [-0.2, 0) is 20.2 Å². The molecular formula is C24H21FN2O5S. The predicted octanol–water partition coefficient (Wildman–Crippen LogP) is 3.85. The fourth-order valence-electron chi connectivity index (χ4n) is 4.11. The van der Waals surface area contributed by atoms with Crippen molar-refractivity contribution in [1.29, 1.82) is 0 Å². The zero-order chi connectivity index (χ0) is 23.4. The lowest BCUT2D eigenvalue weighted by Crippen LogP contribution is -2.28. The Kier molecular flexibility index (Phi) is 4.91. The van der Waals surface area contributed by atoms with Gasteiger partial charge in [-0.1, -0.05) is 18.2 Å². The standard InChI is InChI=1S/C24H21FN2O5S/c1-14-10-19(25)20(12-18(14)15-2-5-17(6-3-15)33(26,29)30)27-23(28)24(8-9-24)16-4-7-21-22(11-16)32-13-31-21/h2-7,10-12H,8-9,13H2,1H3,(H,27,28)(H2,26,29,30). The molecule has 2 aliphatic rings. The summed E-state index contributed by atoms with van der Waals surface area (Å²) in [6.07, 6.45) is 1.29. The summed E-state index contributed by atoms with van der Waals surface area (Å²) in [4.78, 5) is 13.2. The van der Waals surface area contributed by atoms with Crippen molar-refractivity contribution >= 4 is 21.6 Å². The molecule has 1 fully saturated rings. The first kappa shape index (κ1) is 21.4. The van der Waals surface area contributed by atoms with Gasteiger partial charge in [-0.3, -0.25) is 4.79 Å². The van der Waals surface area contributed by atoms with Crippen LogP contribution >= 0.6 is 0 Å². The Morgan fingerprint density at radius 3 is 2.39 bits per heavy atom. The first-order valence-corrected chi connectivity index (χ1v) is 11.9. The highest BCUT2D eigenvalue weighted by Crippen LogP contribution is 2.51. The van der Waals surface area contributed by atoms with Crippen molar-refractivity contribution in [1.82, 2.24) is 0 Å². The Morgan fingerprint density at radius 1 is 1.03 bits per heavy atom. The number of hydrogen-bond acceptors (Lipinski definition) is 5. The largest absolute Gasteiger partial charge is 0.454 e. The SMILES string of the molecule is Cc1cc(F)c(NC(=O)C2(c3ccc4c(c3)OCO4)CC2)cc1-c1ccc(S(N)(=O)=O)cc1. The van der Waals surface area contributed by atoms with E-state index < -0.39 is 21.3 Å². The molecule has 1 heterocycles. The van der Waals surface area contributed by atoms with E-state index in [2.05, 4.69) is 5.32 Å². The number of amides is 1. The lowest BCUT2D eigenvalue weighted by atomic mass is 9.94. The summed E-state index contributed by atoms with van der Waals surface area (Å²) >= 11 is 0. The van der Waals surface area contributed by atoms with E-state index in [-0.39, 0.29) is 23.3 Å². The molecule has 1 saturated carbocycles. The molecular weight excluding hydrogens is 447 g/mol. The number of ether oxygens (including phenoxy) is 2. The van der Waals surface area contributed by atoms with E-state index in [1.165, 1.54) is 18.2 Å². The number of anilines is 1. The zero-order valence-electron chi connectivity index (χ0n) is 17.7. The van der Waals surface area contributed by atoms with Crippen LogP contribution in [0.25, 0.3) is 11.1 Å². The van der Waals surface area contributed by atoms with Crippen LogP contribution in [0.2, 0.25) is 0 Å². The number of nitrogens with one attached hydrogen (secondary N) is 1. The second-order valence-corrected chi connectivity index (χ2v) is 9.88. The molecule has 1 aliphatic heterocycles. The highest BCUT2D eigenvalue weighted by atomic mass is 32.2. The summed E-state index contributed by atoms with van der Waals surface area (Å²) in [7, 11) is -3.82. The molecule has 3 aromatic carbocycles. The van der Waals surface area contributed by atoms with Gasteiger partial charge in [0.05, 0.1) is 16.0 Å². The first-order valence-electron chi connectivity index (χ1n) is 10.3. The van der Waals surface area contributed by atoms with Crippen LogP contribution in [0.3, 0.4) is 0 Å². The van der Waals surface area contributed by atoms with E-state index >= 15 is 0 Å². The fourth-order valence-corrected chi connectivity index (χ4v) is 4.63. The Labute approximate surface area is 190 Å². The Balaban J connectivity index is 1.44. The maximum absolute atomic E-state index is 14.8. The molecule has 0 unspecified atom stereocenters. The molecule has 0 aromatic heterocycles. The van der Waals surface area contributed by atoms with Crippen LogP contribution in [0, 0.1) is 12.7 Å². The average molecular weight is 469 g/mol. The van der Waals surface area contributed by atoms with Crippen molar-refractivity contribution in [2.24, 2.45) is 5.14 Å². The predicted molar refractivity (Wildman–Crippen MR) is 120 cm³/mol. The Morgan fingerprint density at radius 2 is 1.73 bits per heavy atom. The van der Waals surface area contributed by atoms with Crippen LogP contribution in [0.1, 0.15) is 24.0 Å². The Hall–Kier alpha value is -3.43. The Bertz CT molecular complexity index is 1380. The van der Waals surface area contributed by atoms with Gasteiger partial charge in [0.25, 0.3) is 0 Å². The van der Waals surface area contributed by atoms with Crippen molar-refractivity contribution in [2.45, 2.75) is 30.1 Å². The van der Waals surface area contributed by atoms with E-state index in [0.717, 1.165) is 5.56 Å². The average Bonchev–Trinajstić information content (AvgIpc) is 3.46. The van der Waals surface area contributed by atoms with Crippen LogP contribution in [0.15, 0.2) is 59.5 Å². The molecule has 7 nitrogen and oxygen atoms in total. The minimum absolute atomic E-state index is 0.0149. The quantitative estimate of drug-likeness (QED) is 0.592. The third kappa shape index (κ3) is 3.83. The molecule has 5 rings (SSSR count). The summed E-state index contributed by atoms with van der Waals surface area (Å²) in [6, 6.07) is 14.3. The molecule has 3 aromatic rings. The normalized spacial score (nSPS) is 15.8. The molecule has 0 atom stereocenters. The summed E-state index contributed by atoms with van der Waals surface area (Å²) in [5.41, 5.74) is 2.10. The van der Waals surface area contributed by atoms with E-state index in [1.54, 1.807) is 37.3 Å². The van der Waals surface area contributed by atoms with Crippen LogP contribution in [-0.4, -0.2) is 21.1 Å². The van der Waals surface area contributed by atoms with Gasteiger partial charge in [-0.25, -0.2) is 17.9 Å². The number of fused-ring (bicyclic) bond motifs is 1. The van der Waals surface area contributed by atoms with Crippen molar-refractivity contribution in [2.75, 3.05) is 12.1 Å². The third-order valence-electron chi connectivity index (χ3n) is 6.17. The van der Waals surface area contributed by atoms with Gasteiger partial charge in [0.15, 0.2) is 11.5 Å². The molecule has 1 aliphatic carbocycles. The summed E-state index contributed by atoms with van der Waals surface area (Å²) in [6.45, 7) is 1.89. The number of benzene rings is 3. The molecule has 33 heavy (non-hydrogen) atoms. The number of hydrogen-bond donors (Lipinski definition) is 2. The number of nitrogens with two attached hydrogens (primary N) is 1. The van der Waals surface area contributed by atoms with Crippen LogP contribution in [0.4, 0.5) is 10.1 Å². The van der Waals surface area contributed by atoms with Gasteiger partial charge in [0.2, 0.25) is 22.7 Å². The molecule has 0 bridgehead atoms. The molecule has 0 saturated heterocycles. The van der Waals surface area contributed by atoms with E-state index in [0.29, 0.717) is 41.0 Å². The lowest BCUT2D eigenvalue weighted by molar-refractivity contribution is -0.118. The summed E-state index contributed by atoms with van der Waals surface area (Å²) in [5, 5.41) is 7.91. The monoisotopic (exact) mass is 468 g/mol. The van der Waals surface area contributed by atoms with E-state index in [9.17, 15) is 17.6 Å². The van der Waals surface area contributed by atoms with Crippen molar-refractivity contribution in [3.8, 4) is 22.6 Å². The number of sulfonamides is 1. The second-order valence-electron chi connectivity index (χ2n) is 8.32. The van der Waals surface area contributed by atoms with E-state index in [4.69, 9.17) is 14.6 Å². The van der Waals surface area contributed by atoms with Crippen LogP contribution < -0.4 is 19.9 Å². The molecule has 9 heteroatoms. The molecule has 0 spiro atoms. The maximum Gasteiger partial charge on any atom is 0.238 e. The molecule has 3 N–H and O–H groups in total. The number of aryl methyl sites for hydroxylation is 1. The van der Waals surface area contributed by atoms with Gasteiger partial charge in [-0.05, 0) is 78.4 Å². The van der Waals surface area contributed by atoms with Gasteiger partial charge < -0.3 is 14.8 Å². The maximum atomic E-state index is 14.8. The number of rotatable bonds is 5. The van der Waals surface area contributed by atoms with Gasteiger partial charge >= 0.3 is 0 Å². The number of carbonyl (C=O) groups is 1. The number of halogens is 1. The third-order valence-corrected chi connectivity index (χ3v) is 7.10. The molecule has 170 valence electrons. The fraction of sp³-hybridized carbons (Fsp3) is 0.208. The van der Waals surface area contributed by atoms with Gasteiger partial charge in [0, 0.05) is 0 Å². The van der Waals surface area contributed by atoms with Gasteiger partial charge in [-0.2, -0.15) is 0 Å². The van der Waals surface area contributed by atoms with E-state index in [1.807, 2.05) is 6.07 Å². The first-order chi connectivity index (χ1) is 15.7. The number of primary sulfonamides is 1. The minimum Gasteiger partial charge on any atom is -0.454 e. The minimum atomic E-state index is -3.82. The van der Waals surface area contributed by atoms with Crippen molar-refractivity contribution in [3.05, 3.63) is 71.5 Å². The molecule has 0 radical (unpaired) electrons.